The van der Waals surface area contributed by atoms with Crippen molar-refractivity contribution in [2.24, 2.45) is 5.11 Å². The number of hydrogen-bond acceptors (Lipinski definition) is 1. The van der Waals surface area contributed by atoms with E-state index in [1.54, 1.807) is 0 Å². The van der Waals surface area contributed by atoms with Crippen molar-refractivity contribution in [3.63, 3.8) is 0 Å². The fraction of sp³-hybridized carbons (Fsp3) is 0.250. The van der Waals surface area contributed by atoms with Crippen LogP contribution in [0, 0.1) is 5.82 Å². The van der Waals surface area contributed by atoms with Gasteiger partial charge >= 0.3 is 6.18 Å². The summed E-state index contributed by atoms with van der Waals surface area (Å²) in [5.41, 5.74) is 6.73. The van der Waals surface area contributed by atoms with Crippen LogP contribution in [-0.4, -0.2) is 0 Å². The number of hydrogen-bond donors (Lipinski definition) is 0. The van der Waals surface area contributed by atoms with Crippen molar-refractivity contribution in [2.75, 3.05) is 0 Å². The molecule has 0 radical (unpaired) electrons. The fourth-order valence-corrected chi connectivity index (χ4v) is 1.00. The maximum absolute atomic E-state index is 12.8. The van der Waals surface area contributed by atoms with E-state index in [1.165, 1.54) is 0 Å². The molecule has 3 nitrogen and oxygen atoms in total. The third-order valence-electron chi connectivity index (χ3n) is 1.65. The van der Waals surface area contributed by atoms with Gasteiger partial charge in [-0.3, -0.25) is 0 Å². The van der Waals surface area contributed by atoms with E-state index in [-0.39, 0.29) is 12.1 Å². The standard InChI is InChI=1S/C8H5F4N3/c9-7-2-1-5(4-14-15-13)3-6(7)8(10,11)12/h1-3H,4H2. The molecule has 0 amide bonds. The molecule has 0 spiro atoms. The van der Waals surface area contributed by atoms with Gasteiger partial charge < -0.3 is 0 Å². The highest BCUT2D eigenvalue weighted by Crippen LogP contribution is 2.31. The van der Waals surface area contributed by atoms with Gasteiger partial charge in [0.05, 0.1) is 12.1 Å². The van der Waals surface area contributed by atoms with Crippen LogP contribution in [0.1, 0.15) is 11.1 Å². The Labute approximate surface area is 82.0 Å². The predicted octanol–water partition coefficient (Wildman–Crippen LogP) is 3.65. The van der Waals surface area contributed by atoms with E-state index in [2.05, 4.69) is 10.0 Å². The Bertz CT molecular complexity index is 407. The second-order valence-corrected chi connectivity index (χ2v) is 2.70. The molecule has 0 saturated heterocycles. The molecule has 0 aromatic heterocycles. The Kier molecular flexibility index (Phi) is 3.16. The molecule has 0 aliphatic rings. The predicted molar refractivity (Wildman–Crippen MR) is 44.3 cm³/mol. The van der Waals surface area contributed by atoms with Crippen molar-refractivity contribution in [1.82, 2.24) is 0 Å². The van der Waals surface area contributed by atoms with Gasteiger partial charge in [0.15, 0.2) is 0 Å². The average molecular weight is 219 g/mol. The van der Waals surface area contributed by atoms with Gasteiger partial charge in [0.1, 0.15) is 5.82 Å². The lowest BCUT2D eigenvalue weighted by Crippen LogP contribution is -2.08. The SMILES string of the molecule is [N-]=[N+]=NCc1ccc(F)c(C(F)(F)F)c1. The third-order valence-corrected chi connectivity index (χ3v) is 1.65. The lowest BCUT2D eigenvalue weighted by atomic mass is 10.1. The molecule has 0 N–H and O–H groups in total. The molecule has 80 valence electrons. The first-order valence-corrected chi connectivity index (χ1v) is 3.81. The van der Waals surface area contributed by atoms with E-state index in [4.69, 9.17) is 5.53 Å². The van der Waals surface area contributed by atoms with Crippen molar-refractivity contribution in [3.8, 4) is 0 Å². The molecule has 1 rings (SSSR count). The van der Waals surface area contributed by atoms with Gasteiger partial charge in [0.2, 0.25) is 0 Å². The third kappa shape index (κ3) is 2.85. The van der Waals surface area contributed by atoms with E-state index in [0.717, 1.165) is 6.07 Å². The first-order chi connectivity index (χ1) is 6.95. The first-order valence-electron chi connectivity index (χ1n) is 3.81. The average Bonchev–Trinajstić information content (AvgIpc) is 2.15. The monoisotopic (exact) mass is 219 g/mol. The zero-order chi connectivity index (χ0) is 11.5. The van der Waals surface area contributed by atoms with Gasteiger partial charge in [0.25, 0.3) is 0 Å². The van der Waals surface area contributed by atoms with Crippen LogP contribution in [0.3, 0.4) is 0 Å². The van der Waals surface area contributed by atoms with Crippen LogP contribution in [0.25, 0.3) is 10.4 Å². The van der Waals surface area contributed by atoms with Crippen LogP contribution in [0.5, 0.6) is 0 Å². The molecule has 0 bridgehead atoms. The topological polar surface area (TPSA) is 48.8 Å². The smallest absolute Gasteiger partial charge is 0.206 e. The van der Waals surface area contributed by atoms with Crippen LogP contribution in [0.2, 0.25) is 0 Å². The van der Waals surface area contributed by atoms with Gasteiger partial charge in [0, 0.05) is 4.91 Å². The number of rotatable bonds is 2. The molecule has 7 heteroatoms. The highest BCUT2D eigenvalue weighted by molar-refractivity contribution is 5.27. The zero-order valence-corrected chi connectivity index (χ0v) is 7.29. The molecule has 0 saturated carbocycles. The molecular weight excluding hydrogens is 214 g/mol. The van der Waals surface area contributed by atoms with Crippen LogP contribution < -0.4 is 0 Å². The van der Waals surface area contributed by atoms with Crippen molar-refractivity contribution in [3.05, 3.63) is 45.6 Å². The minimum atomic E-state index is -4.74. The summed E-state index contributed by atoms with van der Waals surface area (Å²) in [6.45, 7) is -0.236. The van der Waals surface area contributed by atoms with Gasteiger partial charge in [-0.15, -0.1) is 0 Å². The summed E-state index contributed by atoms with van der Waals surface area (Å²) < 4.78 is 49.4. The van der Waals surface area contributed by atoms with Crippen LogP contribution in [0.4, 0.5) is 17.6 Å². The van der Waals surface area contributed by atoms with E-state index in [9.17, 15) is 17.6 Å². The normalized spacial score (nSPS) is 10.9. The Morgan fingerprint density at radius 3 is 2.53 bits per heavy atom. The Balaban J connectivity index is 3.11. The van der Waals surface area contributed by atoms with Crippen molar-refractivity contribution >= 4 is 0 Å². The van der Waals surface area contributed by atoms with E-state index < -0.39 is 17.6 Å². The molecule has 0 fully saturated rings. The van der Waals surface area contributed by atoms with Crippen molar-refractivity contribution in [2.45, 2.75) is 12.7 Å². The van der Waals surface area contributed by atoms with Gasteiger partial charge in [-0.25, -0.2) is 4.39 Å². The summed E-state index contributed by atoms with van der Waals surface area (Å²) in [7, 11) is 0. The van der Waals surface area contributed by atoms with Gasteiger partial charge in [-0.05, 0) is 23.2 Å². The Morgan fingerprint density at radius 2 is 2.00 bits per heavy atom. The minimum Gasteiger partial charge on any atom is -0.206 e. The number of alkyl halides is 3. The van der Waals surface area contributed by atoms with E-state index in [1.807, 2.05) is 0 Å². The summed E-state index contributed by atoms with van der Waals surface area (Å²) in [5.74, 6) is -1.34. The number of benzene rings is 1. The van der Waals surface area contributed by atoms with E-state index >= 15 is 0 Å². The molecule has 0 aliphatic carbocycles. The van der Waals surface area contributed by atoms with E-state index in [0.29, 0.717) is 12.1 Å². The zero-order valence-electron chi connectivity index (χ0n) is 7.29. The summed E-state index contributed by atoms with van der Waals surface area (Å²) in [6.07, 6.45) is -4.74. The van der Waals surface area contributed by atoms with Gasteiger partial charge in [-0.2, -0.15) is 13.2 Å². The maximum Gasteiger partial charge on any atom is 0.419 e. The quantitative estimate of drug-likeness (QED) is 0.315. The van der Waals surface area contributed by atoms with Crippen LogP contribution in [-0.2, 0) is 12.7 Å². The molecule has 0 unspecified atom stereocenters. The molecule has 1 aromatic carbocycles. The Hall–Kier alpha value is -1.75. The van der Waals surface area contributed by atoms with Crippen molar-refractivity contribution in [1.29, 1.82) is 0 Å². The van der Waals surface area contributed by atoms with Crippen molar-refractivity contribution < 1.29 is 17.6 Å². The summed E-state index contributed by atoms with van der Waals surface area (Å²) in [6, 6.07) is 2.47. The summed E-state index contributed by atoms with van der Waals surface area (Å²) in [5, 5.41) is 3.09. The second kappa shape index (κ2) is 4.18. The molecular formula is C8H5F4N3. The lowest BCUT2D eigenvalue weighted by molar-refractivity contribution is -0.140. The fourth-order valence-electron chi connectivity index (χ4n) is 1.00. The summed E-state index contributed by atoms with van der Waals surface area (Å²) in [4.78, 5) is 2.40. The first kappa shape index (κ1) is 11.3. The van der Waals surface area contributed by atoms with Crippen LogP contribution >= 0.6 is 0 Å². The number of nitrogens with zero attached hydrogens (tertiary/aromatic N) is 3. The molecule has 15 heavy (non-hydrogen) atoms. The highest BCUT2D eigenvalue weighted by Gasteiger charge is 2.33. The molecule has 0 atom stereocenters. The molecule has 1 aromatic rings. The lowest BCUT2D eigenvalue weighted by Gasteiger charge is -2.08. The Morgan fingerprint density at radius 1 is 1.33 bits per heavy atom. The van der Waals surface area contributed by atoms with Crippen LogP contribution in [0.15, 0.2) is 23.3 Å². The highest BCUT2D eigenvalue weighted by atomic mass is 19.4. The number of azide groups is 1. The summed E-state index contributed by atoms with van der Waals surface area (Å²) >= 11 is 0. The largest absolute Gasteiger partial charge is 0.419 e. The minimum absolute atomic E-state index is 0.113. The molecule has 0 heterocycles. The van der Waals surface area contributed by atoms with Gasteiger partial charge in [-0.1, -0.05) is 11.2 Å². The number of halogens is 4. The maximum atomic E-state index is 12.8. The molecule has 0 aliphatic heterocycles. The second-order valence-electron chi connectivity index (χ2n) is 2.70.